The van der Waals surface area contributed by atoms with Gasteiger partial charge in [0.2, 0.25) is 5.91 Å². The van der Waals surface area contributed by atoms with Crippen molar-refractivity contribution in [3.05, 3.63) is 71.9 Å². The molecule has 2 aromatic heterocycles. The second-order valence-electron chi connectivity index (χ2n) is 9.76. The van der Waals surface area contributed by atoms with Crippen molar-refractivity contribution in [2.24, 2.45) is 5.92 Å². The molecule has 1 unspecified atom stereocenters. The minimum Gasteiger partial charge on any atom is -0.377 e. The molecule has 2 aliphatic rings. The predicted molar refractivity (Wildman–Crippen MR) is 149 cm³/mol. The van der Waals surface area contributed by atoms with Crippen molar-refractivity contribution >= 4 is 23.6 Å². The number of amidine groups is 1. The molecule has 0 saturated carbocycles. The van der Waals surface area contributed by atoms with E-state index in [4.69, 9.17) is 20.4 Å². The minimum atomic E-state index is -0.310. The molecule has 2 aliphatic heterocycles. The number of nitrogens with one attached hydrogen (secondary N) is 3. The smallest absolute Gasteiger partial charge is 0.224 e. The highest BCUT2D eigenvalue weighted by molar-refractivity contribution is 5.94. The third-order valence-electron chi connectivity index (χ3n) is 7.21. The number of morpholine rings is 1. The zero-order valence-electron chi connectivity index (χ0n) is 22.0. The maximum Gasteiger partial charge on any atom is 0.224 e. The van der Waals surface area contributed by atoms with E-state index in [1.807, 2.05) is 35.2 Å². The van der Waals surface area contributed by atoms with E-state index in [0.29, 0.717) is 57.3 Å². The van der Waals surface area contributed by atoms with Gasteiger partial charge in [0.25, 0.3) is 0 Å². The van der Waals surface area contributed by atoms with Gasteiger partial charge in [0.05, 0.1) is 42.9 Å². The van der Waals surface area contributed by atoms with E-state index in [9.17, 15) is 9.18 Å². The Morgan fingerprint density at radius 2 is 2.08 bits per heavy atom. The Kier molecular flexibility index (Phi) is 8.47. The van der Waals surface area contributed by atoms with Gasteiger partial charge in [-0.15, -0.1) is 0 Å². The van der Waals surface area contributed by atoms with Gasteiger partial charge in [0.15, 0.2) is 0 Å². The SMILES string of the molecule is N#CCNC(=O)C1CCN(c2cccc(-c3cnc(/C=C\C(=N)N4CCOCC4c4cccc(F)c4)[nH]3)n2)CC1. The number of nitrogens with zero attached hydrogens (tertiary/aromatic N) is 5. The number of carbonyl (C=O) groups excluding carboxylic acids is 1. The van der Waals surface area contributed by atoms with Crippen LogP contribution in [0.15, 0.2) is 54.7 Å². The Labute approximate surface area is 232 Å². The lowest BCUT2D eigenvalue weighted by Gasteiger charge is -2.36. The normalized spacial score (nSPS) is 18.1. The summed E-state index contributed by atoms with van der Waals surface area (Å²) >= 11 is 0. The second-order valence-corrected chi connectivity index (χ2v) is 9.76. The van der Waals surface area contributed by atoms with Gasteiger partial charge in [0.1, 0.15) is 29.8 Å². The molecule has 3 aromatic rings. The van der Waals surface area contributed by atoms with Crippen molar-refractivity contribution in [3.8, 4) is 17.5 Å². The number of carbonyl (C=O) groups is 1. The maximum atomic E-state index is 13.8. The molecule has 40 heavy (non-hydrogen) atoms. The summed E-state index contributed by atoms with van der Waals surface area (Å²) in [5.41, 5.74) is 2.27. The number of nitriles is 1. The zero-order valence-corrected chi connectivity index (χ0v) is 22.0. The molecule has 206 valence electrons. The topological polar surface area (TPSA) is 134 Å². The van der Waals surface area contributed by atoms with Crippen LogP contribution < -0.4 is 10.2 Å². The summed E-state index contributed by atoms with van der Waals surface area (Å²) in [7, 11) is 0. The highest BCUT2D eigenvalue weighted by Gasteiger charge is 2.27. The van der Waals surface area contributed by atoms with Crippen LogP contribution in [0.3, 0.4) is 0 Å². The summed E-state index contributed by atoms with van der Waals surface area (Å²) in [5.74, 6) is 1.25. The van der Waals surface area contributed by atoms with Crippen LogP contribution in [0.4, 0.5) is 10.2 Å². The van der Waals surface area contributed by atoms with Crippen LogP contribution in [-0.4, -0.2) is 71.0 Å². The summed E-state index contributed by atoms with van der Waals surface area (Å²) in [6.45, 7) is 2.87. The van der Waals surface area contributed by atoms with Crippen LogP contribution in [0.5, 0.6) is 0 Å². The number of hydrogen-bond acceptors (Lipinski definition) is 7. The highest BCUT2D eigenvalue weighted by atomic mass is 19.1. The van der Waals surface area contributed by atoms with E-state index >= 15 is 0 Å². The molecule has 2 saturated heterocycles. The number of anilines is 1. The van der Waals surface area contributed by atoms with Gasteiger partial charge >= 0.3 is 0 Å². The lowest BCUT2D eigenvalue weighted by Crippen LogP contribution is -2.42. The quantitative estimate of drug-likeness (QED) is 0.236. The molecule has 1 aromatic carbocycles. The van der Waals surface area contributed by atoms with Gasteiger partial charge < -0.3 is 24.8 Å². The third kappa shape index (κ3) is 6.35. The molecule has 0 spiro atoms. The maximum absolute atomic E-state index is 13.8. The summed E-state index contributed by atoms with van der Waals surface area (Å²) in [4.78, 5) is 28.7. The average molecular weight is 543 g/mol. The molecule has 10 nitrogen and oxygen atoms in total. The first-order valence-electron chi connectivity index (χ1n) is 13.3. The standard InChI is InChI=1S/C29H31FN8O2/c30-22-4-1-3-21(17-22)25-19-40-16-15-38(25)26(32)7-8-27-34-18-24(35-27)23-5-2-6-28(36-23)37-13-9-20(10-14-37)29(39)33-12-11-31/h1-8,17-18,20,25,32H,9-10,12-16,19H2,(H,33,39)(H,34,35)/b8-7-,32-26?. The number of aromatic nitrogens is 3. The van der Waals surface area contributed by atoms with Crippen LogP contribution in [0.1, 0.15) is 30.3 Å². The molecule has 0 aliphatic carbocycles. The van der Waals surface area contributed by atoms with Gasteiger partial charge in [-0.3, -0.25) is 10.2 Å². The number of piperidine rings is 1. The van der Waals surface area contributed by atoms with Crippen LogP contribution >= 0.6 is 0 Å². The Bertz CT molecular complexity index is 1420. The van der Waals surface area contributed by atoms with Crippen LogP contribution in [0, 0.1) is 28.5 Å². The number of pyridine rings is 1. The average Bonchev–Trinajstić information content (AvgIpc) is 3.48. The first-order valence-corrected chi connectivity index (χ1v) is 13.3. The Morgan fingerprint density at radius 3 is 2.88 bits per heavy atom. The van der Waals surface area contributed by atoms with Crippen LogP contribution in [0.2, 0.25) is 0 Å². The molecular weight excluding hydrogens is 511 g/mol. The predicted octanol–water partition coefficient (Wildman–Crippen LogP) is 3.53. The monoisotopic (exact) mass is 542 g/mol. The molecule has 0 radical (unpaired) electrons. The number of rotatable bonds is 7. The van der Waals surface area contributed by atoms with Gasteiger partial charge in [-0.25, -0.2) is 14.4 Å². The molecule has 0 bridgehead atoms. The first kappa shape index (κ1) is 27.0. The number of imidazole rings is 1. The Balaban J connectivity index is 1.22. The Morgan fingerprint density at radius 1 is 1.25 bits per heavy atom. The van der Waals surface area contributed by atoms with Gasteiger partial charge in [-0.2, -0.15) is 5.26 Å². The van der Waals surface area contributed by atoms with Crippen molar-refractivity contribution in [1.29, 1.82) is 10.7 Å². The van der Waals surface area contributed by atoms with E-state index in [2.05, 4.69) is 20.2 Å². The van der Waals surface area contributed by atoms with E-state index in [0.717, 1.165) is 22.8 Å². The molecule has 2 fully saturated rings. The fraction of sp³-hybridized carbons (Fsp3) is 0.345. The number of ether oxygens (including phenoxy) is 1. The van der Waals surface area contributed by atoms with Crippen molar-refractivity contribution in [3.63, 3.8) is 0 Å². The molecule has 5 rings (SSSR count). The number of halogens is 1. The van der Waals surface area contributed by atoms with Crippen molar-refractivity contribution in [2.45, 2.75) is 18.9 Å². The van der Waals surface area contributed by atoms with Crippen molar-refractivity contribution < 1.29 is 13.9 Å². The Hall–Kier alpha value is -4.56. The van der Waals surface area contributed by atoms with Crippen LogP contribution in [0.25, 0.3) is 17.5 Å². The van der Waals surface area contributed by atoms with E-state index in [-0.39, 0.29) is 30.2 Å². The summed E-state index contributed by atoms with van der Waals surface area (Å²) < 4.78 is 19.4. The van der Waals surface area contributed by atoms with Crippen molar-refractivity contribution in [1.82, 2.24) is 25.2 Å². The second kappa shape index (κ2) is 12.5. The zero-order chi connectivity index (χ0) is 27.9. The summed E-state index contributed by atoms with van der Waals surface area (Å²) in [6, 6.07) is 13.9. The minimum absolute atomic E-state index is 0.0355. The molecular formula is C29H31FN8O2. The lowest BCUT2D eigenvalue weighted by atomic mass is 9.96. The number of benzene rings is 1. The number of aromatic amines is 1. The fourth-order valence-electron chi connectivity index (χ4n) is 5.08. The third-order valence-corrected chi connectivity index (χ3v) is 7.21. The largest absolute Gasteiger partial charge is 0.377 e. The number of amides is 1. The van der Waals surface area contributed by atoms with E-state index in [1.165, 1.54) is 12.1 Å². The molecule has 4 heterocycles. The first-order chi connectivity index (χ1) is 19.5. The molecule has 11 heteroatoms. The molecule has 3 N–H and O–H groups in total. The number of hydrogen-bond donors (Lipinski definition) is 3. The summed E-state index contributed by atoms with van der Waals surface area (Å²) in [5, 5.41) is 20.0. The van der Waals surface area contributed by atoms with E-state index in [1.54, 1.807) is 24.4 Å². The van der Waals surface area contributed by atoms with Crippen molar-refractivity contribution in [2.75, 3.05) is 44.3 Å². The number of H-pyrrole nitrogens is 1. The van der Waals surface area contributed by atoms with Crippen LogP contribution in [-0.2, 0) is 9.53 Å². The lowest BCUT2D eigenvalue weighted by molar-refractivity contribution is -0.125. The summed E-state index contributed by atoms with van der Waals surface area (Å²) in [6.07, 6.45) is 6.55. The van der Waals surface area contributed by atoms with Gasteiger partial charge in [-0.1, -0.05) is 18.2 Å². The van der Waals surface area contributed by atoms with Gasteiger partial charge in [-0.05, 0) is 54.8 Å². The highest BCUT2D eigenvalue weighted by Crippen LogP contribution is 2.26. The van der Waals surface area contributed by atoms with Gasteiger partial charge in [0, 0.05) is 25.6 Å². The molecule has 1 atom stereocenters. The molecule has 1 amide bonds. The van der Waals surface area contributed by atoms with E-state index < -0.39 is 0 Å². The fourth-order valence-corrected chi connectivity index (χ4v) is 5.08.